The van der Waals surface area contributed by atoms with Crippen LogP contribution in [0, 0.1) is 5.92 Å². The molecule has 2 rings (SSSR count). The van der Waals surface area contributed by atoms with Crippen LogP contribution in [0.5, 0.6) is 0 Å². The highest BCUT2D eigenvalue weighted by molar-refractivity contribution is 9.10. The highest BCUT2D eigenvalue weighted by Crippen LogP contribution is 2.27. The highest BCUT2D eigenvalue weighted by Gasteiger charge is 2.25. The summed E-state index contributed by atoms with van der Waals surface area (Å²) >= 11 is 3.26. The average molecular weight is 341 g/mol. The summed E-state index contributed by atoms with van der Waals surface area (Å²) in [5, 5.41) is 14.7. The minimum absolute atomic E-state index is 0.0639. The van der Waals surface area contributed by atoms with Crippen molar-refractivity contribution in [3.8, 4) is 0 Å². The molecule has 1 saturated carbocycles. The molecular formula is C14H17BrN2O3. The number of carboxylic acid groups (broad SMARTS) is 1. The van der Waals surface area contributed by atoms with Gasteiger partial charge < -0.3 is 15.7 Å². The number of anilines is 1. The minimum atomic E-state index is -1.07. The molecule has 0 heterocycles. The van der Waals surface area contributed by atoms with Crippen LogP contribution in [0.2, 0.25) is 0 Å². The second-order valence-corrected chi connectivity index (χ2v) is 5.94. The summed E-state index contributed by atoms with van der Waals surface area (Å²) in [6.45, 7) is 2.11. The van der Waals surface area contributed by atoms with Crippen LogP contribution in [0.25, 0.3) is 0 Å². The summed E-state index contributed by atoms with van der Waals surface area (Å²) in [7, 11) is 0. The molecule has 0 aromatic heterocycles. The number of carbonyl (C=O) groups excluding carboxylic acids is 1. The molecule has 0 bridgehead atoms. The van der Waals surface area contributed by atoms with Crippen molar-refractivity contribution in [2.75, 3.05) is 5.32 Å². The van der Waals surface area contributed by atoms with Crippen LogP contribution in [0.1, 0.15) is 36.5 Å². The third kappa shape index (κ3) is 3.30. The van der Waals surface area contributed by atoms with E-state index in [9.17, 15) is 9.59 Å². The van der Waals surface area contributed by atoms with Crippen LogP contribution in [0.15, 0.2) is 22.7 Å². The second-order valence-electron chi connectivity index (χ2n) is 5.08. The van der Waals surface area contributed by atoms with Gasteiger partial charge in [-0.25, -0.2) is 9.59 Å². The Bertz CT molecular complexity index is 533. The summed E-state index contributed by atoms with van der Waals surface area (Å²) in [6, 6.07) is 4.57. The monoisotopic (exact) mass is 340 g/mol. The van der Waals surface area contributed by atoms with Gasteiger partial charge in [0.25, 0.3) is 0 Å². The van der Waals surface area contributed by atoms with Gasteiger partial charge in [-0.15, -0.1) is 0 Å². The van der Waals surface area contributed by atoms with Crippen molar-refractivity contribution in [3.63, 3.8) is 0 Å². The third-order valence-electron chi connectivity index (χ3n) is 3.66. The SMILES string of the molecule is CC1CCCC1NC(=O)Nc1c(Br)cccc1C(=O)O. The largest absolute Gasteiger partial charge is 0.478 e. The Morgan fingerprint density at radius 1 is 1.35 bits per heavy atom. The first-order valence-electron chi connectivity index (χ1n) is 6.58. The van der Waals surface area contributed by atoms with Crippen molar-refractivity contribution < 1.29 is 14.7 Å². The lowest BCUT2D eigenvalue weighted by molar-refractivity contribution is 0.0698. The zero-order chi connectivity index (χ0) is 14.7. The number of urea groups is 1. The van der Waals surface area contributed by atoms with Gasteiger partial charge in [0.05, 0.1) is 11.3 Å². The van der Waals surface area contributed by atoms with E-state index in [1.807, 2.05) is 0 Å². The average Bonchev–Trinajstić information content (AvgIpc) is 2.77. The number of hydrogen-bond donors (Lipinski definition) is 3. The molecule has 1 aliphatic carbocycles. The first-order valence-corrected chi connectivity index (χ1v) is 7.37. The van der Waals surface area contributed by atoms with E-state index < -0.39 is 5.97 Å². The number of aromatic carboxylic acids is 1. The van der Waals surface area contributed by atoms with E-state index in [2.05, 4.69) is 33.5 Å². The first-order chi connectivity index (χ1) is 9.49. The van der Waals surface area contributed by atoms with E-state index in [0.717, 1.165) is 19.3 Å². The highest BCUT2D eigenvalue weighted by atomic mass is 79.9. The predicted octanol–water partition coefficient (Wildman–Crippen LogP) is 3.46. The fourth-order valence-electron chi connectivity index (χ4n) is 2.51. The van der Waals surface area contributed by atoms with Gasteiger partial charge >= 0.3 is 12.0 Å². The van der Waals surface area contributed by atoms with Crippen LogP contribution >= 0.6 is 15.9 Å². The fraction of sp³-hybridized carbons (Fsp3) is 0.429. The number of para-hydroxylation sites is 1. The van der Waals surface area contributed by atoms with Crippen molar-refractivity contribution in [1.29, 1.82) is 0 Å². The standard InChI is InChI=1S/C14H17BrN2O3/c1-8-4-2-7-11(8)16-14(20)17-12-9(13(18)19)5-3-6-10(12)15/h3,5-6,8,11H,2,4,7H2,1H3,(H,18,19)(H2,16,17,20). The van der Waals surface area contributed by atoms with E-state index in [1.54, 1.807) is 12.1 Å². The number of halogens is 1. The lowest BCUT2D eigenvalue weighted by Crippen LogP contribution is -2.39. The molecule has 108 valence electrons. The molecule has 0 radical (unpaired) electrons. The molecule has 1 aliphatic rings. The molecule has 1 aromatic carbocycles. The maximum atomic E-state index is 12.0. The van der Waals surface area contributed by atoms with Crippen molar-refractivity contribution in [1.82, 2.24) is 5.32 Å². The molecule has 0 saturated heterocycles. The zero-order valence-electron chi connectivity index (χ0n) is 11.1. The van der Waals surface area contributed by atoms with Gasteiger partial charge in [0, 0.05) is 10.5 Å². The van der Waals surface area contributed by atoms with E-state index in [1.165, 1.54) is 6.07 Å². The van der Waals surface area contributed by atoms with Crippen LogP contribution < -0.4 is 10.6 Å². The molecule has 3 N–H and O–H groups in total. The second kappa shape index (κ2) is 6.26. The topological polar surface area (TPSA) is 78.4 Å². The van der Waals surface area contributed by atoms with Gasteiger partial charge in [-0.2, -0.15) is 0 Å². The van der Waals surface area contributed by atoms with Crippen molar-refractivity contribution in [2.24, 2.45) is 5.92 Å². The zero-order valence-corrected chi connectivity index (χ0v) is 12.7. The van der Waals surface area contributed by atoms with Gasteiger partial charge in [-0.3, -0.25) is 0 Å². The summed E-state index contributed by atoms with van der Waals surface area (Å²) in [5.74, 6) is -0.616. The van der Waals surface area contributed by atoms with Crippen LogP contribution in [-0.2, 0) is 0 Å². The van der Waals surface area contributed by atoms with Gasteiger partial charge in [0.2, 0.25) is 0 Å². The number of rotatable bonds is 3. The van der Waals surface area contributed by atoms with Crippen LogP contribution in [0.3, 0.4) is 0 Å². The first kappa shape index (κ1) is 14.8. The number of nitrogens with one attached hydrogen (secondary N) is 2. The Balaban J connectivity index is 2.09. The summed E-state index contributed by atoms with van der Waals surface area (Å²) in [6.07, 6.45) is 3.19. The molecule has 0 spiro atoms. The molecule has 6 heteroatoms. The van der Waals surface area contributed by atoms with E-state index in [-0.39, 0.29) is 23.3 Å². The van der Waals surface area contributed by atoms with E-state index >= 15 is 0 Å². The molecule has 1 aromatic rings. The molecule has 20 heavy (non-hydrogen) atoms. The number of amides is 2. The maximum absolute atomic E-state index is 12.0. The predicted molar refractivity (Wildman–Crippen MR) is 80.1 cm³/mol. The lowest BCUT2D eigenvalue weighted by Gasteiger charge is -2.18. The Kier molecular flexibility index (Phi) is 4.65. The van der Waals surface area contributed by atoms with Crippen LogP contribution in [0.4, 0.5) is 10.5 Å². The number of carbonyl (C=O) groups is 2. The number of carboxylic acids is 1. The Labute approximate surface area is 125 Å². The Morgan fingerprint density at radius 2 is 2.10 bits per heavy atom. The van der Waals surface area contributed by atoms with Crippen molar-refractivity contribution in [3.05, 3.63) is 28.2 Å². The number of benzene rings is 1. The summed E-state index contributed by atoms with van der Waals surface area (Å²) in [5.41, 5.74) is 0.345. The fourth-order valence-corrected chi connectivity index (χ4v) is 2.97. The summed E-state index contributed by atoms with van der Waals surface area (Å²) in [4.78, 5) is 23.2. The van der Waals surface area contributed by atoms with Crippen molar-refractivity contribution >= 4 is 33.6 Å². The smallest absolute Gasteiger partial charge is 0.337 e. The molecule has 2 amide bonds. The van der Waals surface area contributed by atoms with E-state index in [0.29, 0.717) is 10.4 Å². The molecule has 0 aliphatic heterocycles. The molecule has 2 unspecified atom stereocenters. The van der Waals surface area contributed by atoms with Gasteiger partial charge in [-0.1, -0.05) is 19.4 Å². The van der Waals surface area contributed by atoms with Crippen molar-refractivity contribution in [2.45, 2.75) is 32.2 Å². The van der Waals surface area contributed by atoms with Gasteiger partial charge in [0.1, 0.15) is 0 Å². The Morgan fingerprint density at radius 3 is 2.70 bits per heavy atom. The molecule has 1 fully saturated rings. The molecule has 5 nitrogen and oxygen atoms in total. The molecule has 2 atom stereocenters. The Hall–Kier alpha value is -1.56. The minimum Gasteiger partial charge on any atom is -0.478 e. The quantitative estimate of drug-likeness (QED) is 0.788. The maximum Gasteiger partial charge on any atom is 0.337 e. The van der Waals surface area contributed by atoms with Gasteiger partial charge in [0.15, 0.2) is 0 Å². The summed E-state index contributed by atoms with van der Waals surface area (Å²) < 4.78 is 0.548. The van der Waals surface area contributed by atoms with Crippen LogP contribution in [-0.4, -0.2) is 23.1 Å². The van der Waals surface area contributed by atoms with E-state index in [4.69, 9.17) is 5.11 Å². The lowest BCUT2D eigenvalue weighted by atomic mass is 10.1. The van der Waals surface area contributed by atoms with Gasteiger partial charge in [-0.05, 0) is 46.8 Å². The molecular weight excluding hydrogens is 324 g/mol. The number of hydrogen-bond acceptors (Lipinski definition) is 2. The normalized spacial score (nSPS) is 21.5. The third-order valence-corrected chi connectivity index (χ3v) is 4.32.